The second kappa shape index (κ2) is 10.7. The van der Waals surface area contributed by atoms with Crippen LogP contribution < -0.4 is 15.5 Å². The number of nitrogens with zero attached hydrogens (tertiary/aromatic N) is 2. The van der Waals surface area contributed by atoms with E-state index >= 15 is 0 Å². The fourth-order valence-electron chi connectivity index (χ4n) is 5.67. The summed E-state index contributed by atoms with van der Waals surface area (Å²) in [6.45, 7) is 1.76. The number of H-pyrrole nitrogens is 1. The highest BCUT2D eigenvalue weighted by Crippen LogP contribution is 2.25. The first-order chi connectivity index (χ1) is 17.5. The molecule has 0 radical (unpaired) electrons. The minimum atomic E-state index is -0.375. The molecule has 2 fully saturated rings. The van der Waals surface area contributed by atoms with Gasteiger partial charge in [-0.05, 0) is 61.6 Å². The van der Waals surface area contributed by atoms with Gasteiger partial charge in [-0.25, -0.2) is 4.39 Å². The molecule has 36 heavy (non-hydrogen) atoms. The van der Waals surface area contributed by atoms with Crippen molar-refractivity contribution in [2.75, 3.05) is 18.0 Å². The number of carbonyl (C=O) groups excluding carboxylic acids is 1. The Labute approximate surface area is 209 Å². The van der Waals surface area contributed by atoms with Crippen LogP contribution in [0.25, 0.3) is 10.9 Å². The number of anilines is 1. The van der Waals surface area contributed by atoms with Crippen molar-refractivity contribution in [1.29, 1.82) is 0 Å². The number of carbonyl (C=O) groups is 1. The van der Waals surface area contributed by atoms with Crippen LogP contribution in [0.4, 0.5) is 15.8 Å². The van der Waals surface area contributed by atoms with Gasteiger partial charge < -0.3 is 20.5 Å². The van der Waals surface area contributed by atoms with Crippen LogP contribution in [0.2, 0.25) is 0 Å². The summed E-state index contributed by atoms with van der Waals surface area (Å²) in [6, 6.07) is 11.9. The van der Waals surface area contributed by atoms with Crippen LogP contribution in [0, 0.1) is 15.9 Å². The smallest absolute Gasteiger partial charge is 0.269 e. The van der Waals surface area contributed by atoms with E-state index in [9.17, 15) is 19.3 Å². The van der Waals surface area contributed by atoms with E-state index in [2.05, 4.69) is 20.5 Å². The first-order valence-electron chi connectivity index (χ1n) is 12.8. The third-order valence-electron chi connectivity index (χ3n) is 7.49. The summed E-state index contributed by atoms with van der Waals surface area (Å²) in [4.78, 5) is 28.9. The lowest BCUT2D eigenvalue weighted by Crippen LogP contribution is -2.57. The summed E-state index contributed by atoms with van der Waals surface area (Å²) >= 11 is 0. The molecule has 1 aliphatic carbocycles. The molecular weight excluding hydrogens is 461 g/mol. The molecule has 1 saturated carbocycles. The Kier molecular flexibility index (Phi) is 7.18. The van der Waals surface area contributed by atoms with Gasteiger partial charge in [0.05, 0.1) is 11.3 Å². The number of fused-ring (bicyclic) bond motifs is 1. The summed E-state index contributed by atoms with van der Waals surface area (Å²) in [5.74, 6) is -0.318. The zero-order chi connectivity index (χ0) is 25.1. The summed E-state index contributed by atoms with van der Waals surface area (Å²) in [7, 11) is 0. The lowest BCUT2D eigenvalue weighted by atomic mass is 9.88. The Morgan fingerprint density at radius 2 is 1.86 bits per heavy atom. The number of rotatable bonds is 7. The minimum Gasteiger partial charge on any atom is -0.370 e. The van der Waals surface area contributed by atoms with Gasteiger partial charge in [-0.15, -0.1) is 0 Å². The molecule has 0 unspecified atom stereocenters. The highest BCUT2D eigenvalue weighted by molar-refractivity contribution is 5.89. The van der Waals surface area contributed by atoms with Crippen LogP contribution >= 0.6 is 0 Å². The van der Waals surface area contributed by atoms with E-state index in [1.807, 2.05) is 12.1 Å². The molecule has 5 rings (SSSR count). The van der Waals surface area contributed by atoms with Gasteiger partial charge >= 0.3 is 0 Å². The normalized spacial score (nSPS) is 22.5. The fraction of sp³-hybridized carbons (Fsp3) is 0.444. The molecule has 2 heterocycles. The summed E-state index contributed by atoms with van der Waals surface area (Å²) in [5, 5.41) is 18.9. The second-order valence-corrected chi connectivity index (χ2v) is 9.97. The monoisotopic (exact) mass is 493 g/mol. The Morgan fingerprint density at radius 1 is 1.08 bits per heavy atom. The largest absolute Gasteiger partial charge is 0.370 e. The standard InChI is InChI=1S/C27H32FN5O3/c28-19-7-12-23-18(16-29-26(23)15-19)14-27(34)31-25-6-2-1-5-24(25)30-20-4-3-13-32(17-20)21-8-10-22(11-9-21)33(35)36/h7-12,15-16,20,24-25,29-30H,1-6,13-14,17H2,(H,31,34)/t20-,24+,25+/m0/s1. The van der Waals surface area contributed by atoms with E-state index < -0.39 is 0 Å². The number of halogens is 1. The second-order valence-electron chi connectivity index (χ2n) is 9.97. The van der Waals surface area contributed by atoms with Gasteiger partial charge in [-0.1, -0.05) is 12.8 Å². The van der Waals surface area contributed by atoms with Crippen LogP contribution in [-0.2, 0) is 11.2 Å². The maximum atomic E-state index is 13.5. The molecule has 1 aromatic heterocycles. The highest BCUT2D eigenvalue weighted by atomic mass is 19.1. The summed E-state index contributed by atoms with van der Waals surface area (Å²) in [5.41, 5.74) is 2.67. The van der Waals surface area contributed by atoms with Crippen LogP contribution in [0.3, 0.4) is 0 Å². The molecule has 0 spiro atoms. The van der Waals surface area contributed by atoms with Crippen LogP contribution in [0.1, 0.15) is 44.1 Å². The molecule has 3 atom stereocenters. The molecule has 2 aliphatic rings. The van der Waals surface area contributed by atoms with Crippen molar-refractivity contribution in [3.05, 3.63) is 70.2 Å². The number of nitro benzene ring substituents is 1. The van der Waals surface area contributed by atoms with Gasteiger partial charge in [-0.3, -0.25) is 14.9 Å². The van der Waals surface area contributed by atoms with Crippen molar-refractivity contribution in [3.8, 4) is 0 Å². The predicted octanol–water partition coefficient (Wildman–Crippen LogP) is 4.44. The Balaban J connectivity index is 1.19. The maximum absolute atomic E-state index is 13.5. The molecule has 8 nitrogen and oxygen atoms in total. The van der Waals surface area contributed by atoms with E-state index in [1.54, 1.807) is 24.4 Å². The average molecular weight is 494 g/mol. The minimum absolute atomic E-state index is 0.0184. The molecule has 190 valence electrons. The fourth-order valence-corrected chi connectivity index (χ4v) is 5.67. The quantitative estimate of drug-likeness (QED) is 0.333. The summed E-state index contributed by atoms with van der Waals surface area (Å²) in [6.07, 6.45) is 8.34. The molecule has 3 aromatic rings. The number of aromatic nitrogens is 1. The number of non-ortho nitro benzene ring substituents is 1. The first-order valence-corrected chi connectivity index (χ1v) is 12.8. The van der Waals surface area contributed by atoms with Crippen molar-refractivity contribution in [2.45, 2.75) is 63.1 Å². The third kappa shape index (κ3) is 5.51. The molecule has 2 aromatic carbocycles. The summed E-state index contributed by atoms with van der Waals surface area (Å²) < 4.78 is 13.5. The van der Waals surface area contributed by atoms with Crippen LogP contribution in [-0.4, -0.2) is 47.0 Å². The zero-order valence-corrected chi connectivity index (χ0v) is 20.2. The molecule has 0 bridgehead atoms. The van der Waals surface area contributed by atoms with Gasteiger partial charge in [0.2, 0.25) is 5.91 Å². The zero-order valence-electron chi connectivity index (χ0n) is 20.2. The van der Waals surface area contributed by atoms with E-state index in [-0.39, 0.29) is 40.8 Å². The van der Waals surface area contributed by atoms with Crippen LogP contribution in [0.5, 0.6) is 0 Å². The number of benzene rings is 2. The number of aromatic amines is 1. The molecule has 1 saturated heterocycles. The highest BCUT2D eigenvalue weighted by Gasteiger charge is 2.30. The number of nitrogens with one attached hydrogen (secondary N) is 3. The molecule has 9 heteroatoms. The molecule has 3 N–H and O–H groups in total. The molecular formula is C27H32FN5O3. The number of nitro groups is 1. The molecule has 1 aliphatic heterocycles. The van der Waals surface area contributed by atoms with Gasteiger partial charge in [0.25, 0.3) is 5.69 Å². The lowest BCUT2D eigenvalue weighted by molar-refractivity contribution is -0.384. The van der Waals surface area contributed by atoms with E-state index in [4.69, 9.17) is 0 Å². The van der Waals surface area contributed by atoms with E-state index in [0.717, 1.165) is 68.3 Å². The Morgan fingerprint density at radius 3 is 2.64 bits per heavy atom. The number of hydrogen-bond donors (Lipinski definition) is 3. The van der Waals surface area contributed by atoms with Crippen molar-refractivity contribution in [2.24, 2.45) is 0 Å². The van der Waals surface area contributed by atoms with E-state index in [0.29, 0.717) is 11.6 Å². The van der Waals surface area contributed by atoms with Crippen molar-refractivity contribution < 1.29 is 14.1 Å². The van der Waals surface area contributed by atoms with Crippen LogP contribution in [0.15, 0.2) is 48.7 Å². The van der Waals surface area contributed by atoms with Crippen molar-refractivity contribution in [3.63, 3.8) is 0 Å². The first kappa shape index (κ1) is 24.2. The third-order valence-corrected chi connectivity index (χ3v) is 7.49. The lowest BCUT2D eigenvalue weighted by Gasteiger charge is -2.40. The van der Waals surface area contributed by atoms with Gasteiger partial charge in [0.1, 0.15) is 5.82 Å². The average Bonchev–Trinajstić information content (AvgIpc) is 3.26. The maximum Gasteiger partial charge on any atom is 0.269 e. The van der Waals surface area contributed by atoms with Gasteiger partial charge in [-0.2, -0.15) is 0 Å². The topological polar surface area (TPSA) is 103 Å². The number of piperidine rings is 1. The van der Waals surface area contributed by atoms with Gasteiger partial charge in [0, 0.05) is 66.1 Å². The Bertz CT molecular complexity index is 1230. The predicted molar refractivity (Wildman–Crippen MR) is 138 cm³/mol. The SMILES string of the molecule is O=C(Cc1c[nH]c2cc(F)ccc12)N[C@@H]1CCCC[C@H]1N[C@H]1CCCN(c2ccc([N+](=O)[O-])cc2)C1. The van der Waals surface area contributed by atoms with Crippen molar-refractivity contribution >= 4 is 28.2 Å². The van der Waals surface area contributed by atoms with Gasteiger partial charge in [0.15, 0.2) is 0 Å². The van der Waals surface area contributed by atoms with E-state index in [1.165, 1.54) is 12.1 Å². The number of amides is 1. The Hall–Kier alpha value is -3.46. The number of hydrogen-bond acceptors (Lipinski definition) is 5. The molecule has 1 amide bonds. The van der Waals surface area contributed by atoms with Crippen molar-refractivity contribution in [1.82, 2.24) is 15.6 Å².